The molecule has 0 aliphatic carbocycles. The van der Waals surface area contributed by atoms with Crippen molar-refractivity contribution in [1.29, 1.82) is 0 Å². The highest BCUT2D eigenvalue weighted by Gasteiger charge is 2.22. The van der Waals surface area contributed by atoms with Crippen LogP contribution < -0.4 is 10.0 Å². The van der Waals surface area contributed by atoms with Gasteiger partial charge in [-0.05, 0) is 69.3 Å². The molecule has 4 aromatic rings. The lowest BCUT2D eigenvalue weighted by Crippen LogP contribution is -2.40. The minimum Gasteiger partial charge on any atom is -0.323 e. The molecule has 4 rings (SSSR count). The van der Waals surface area contributed by atoms with E-state index in [2.05, 4.69) is 20.1 Å². The number of fused-ring (bicyclic) bond motifs is 1. The van der Waals surface area contributed by atoms with E-state index in [9.17, 15) is 16.8 Å². The van der Waals surface area contributed by atoms with Gasteiger partial charge in [-0.25, -0.2) is 35.4 Å². The Morgan fingerprint density at radius 1 is 0.889 bits per heavy atom. The average Bonchev–Trinajstić information content (AvgIpc) is 3.21. The Balaban J connectivity index is 1.65. The zero-order chi connectivity index (χ0) is 26.3. The second kappa shape index (κ2) is 9.28. The summed E-state index contributed by atoms with van der Waals surface area (Å²) < 4.78 is 55.7. The molecular formula is C24H28N6O4S2. The first-order chi connectivity index (χ1) is 16.8. The molecule has 190 valence electrons. The first-order valence-electron chi connectivity index (χ1n) is 11.1. The van der Waals surface area contributed by atoms with Crippen molar-refractivity contribution in [2.45, 2.75) is 36.1 Å². The molecule has 0 amide bonds. The van der Waals surface area contributed by atoms with Gasteiger partial charge in [0.25, 0.3) is 0 Å². The van der Waals surface area contributed by atoms with Crippen molar-refractivity contribution >= 4 is 37.2 Å². The van der Waals surface area contributed by atoms with Gasteiger partial charge in [0.15, 0.2) is 0 Å². The molecule has 36 heavy (non-hydrogen) atoms. The van der Waals surface area contributed by atoms with Crippen molar-refractivity contribution in [3.63, 3.8) is 0 Å². The standard InChI is InChI=1S/C24H28N6O4S2/c1-24(2,3)28-35(31,32)21-8-6-7-17(15-21)22-14-11-19-16-25-23(27-30(19)22)26-18-9-12-20(13-10-18)36(33,34)29(4)5/h6-16,28H,1-5H3,(H,26,27). The molecule has 2 heterocycles. The normalized spacial score (nSPS) is 12.8. The minimum atomic E-state index is -3.70. The molecule has 2 aromatic heterocycles. The molecule has 0 fully saturated rings. The molecule has 0 atom stereocenters. The van der Waals surface area contributed by atoms with Crippen LogP contribution in [0.3, 0.4) is 0 Å². The van der Waals surface area contributed by atoms with Gasteiger partial charge in [-0.1, -0.05) is 12.1 Å². The lowest BCUT2D eigenvalue weighted by molar-refractivity contribution is 0.491. The van der Waals surface area contributed by atoms with Gasteiger partial charge in [0.1, 0.15) is 0 Å². The number of hydrogen-bond donors (Lipinski definition) is 2. The quantitative estimate of drug-likeness (QED) is 0.376. The number of benzene rings is 2. The first kappa shape index (κ1) is 25.8. The maximum absolute atomic E-state index is 12.8. The van der Waals surface area contributed by atoms with Crippen LogP contribution in [0, 0.1) is 0 Å². The SMILES string of the molecule is CN(C)S(=O)(=O)c1ccc(Nc2ncc3ccc(-c4cccc(S(=O)(=O)NC(C)(C)C)c4)n3n2)cc1. The molecular weight excluding hydrogens is 500 g/mol. The molecule has 0 spiro atoms. The van der Waals surface area contributed by atoms with Crippen LogP contribution in [0.25, 0.3) is 16.8 Å². The molecule has 0 unspecified atom stereocenters. The summed E-state index contributed by atoms with van der Waals surface area (Å²) >= 11 is 0. The third-order valence-corrected chi connectivity index (χ3v) is 8.75. The van der Waals surface area contributed by atoms with Gasteiger partial charge in [-0.3, -0.25) is 0 Å². The fourth-order valence-corrected chi connectivity index (χ4v) is 5.88. The van der Waals surface area contributed by atoms with Crippen LogP contribution in [-0.2, 0) is 20.0 Å². The van der Waals surface area contributed by atoms with Gasteiger partial charge in [-0.15, -0.1) is 5.10 Å². The summed E-state index contributed by atoms with van der Waals surface area (Å²) in [5.41, 5.74) is 2.09. The fourth-order valence-electron chi connectivity index (χ4n) is 3.51. The van der Waals surface area contributed by atoms with Crippen LogP contribution in [-0.4, -0.2) is 55.4 Å². The van der Waals surface area contributed by atoms with Gasteiger partial charge in [-0.2, -0.15) is 0 Å². The first-order valence-corrected chi connectivity index (χ1v) is 14.0. The largest absolute Gasteiger partial charge is 0.323 e. The van der Waals surface area contributed by atoms with E-state index < -0.39 is 25.6 Å². The Kier molecular flexibility index (Phi) is 6.64. The molecule has 0 saturated carbocycles. The summed E-state index contributed by atoms with van der Waals surface area (Å²) in [7, 11) is -4.27. The van der Waals surface area contributed by atoms with Gasteiger partial charge < -0.3 is 5.32 Å². The van der Waals surface area contributed by atoms with Gasteiger partial charge in [0, 0.05) is 30.9 Å². The Bertz CT molecular complexity index is 1620. The summed E-state index contributed by atoms with van der Waals surface area (Å²) in [6.07, 6.45) is 1.64. The van der Waals surface area contributed by atoms with E-state index in [1.807, 2.05) is 18.2 Å². The van der Waals surface area contributed by atoms with Crippen molar-refractivity contribution in [1.82, 2.24) is 23.6 Å². The van der Waals surface area contributed by atoms with Crippen LogP contribution in [0.1, 0.15) is 20.8 Å². The minimum absolute atomic E-state index is 0.157. The van der Waals surface area contributed by atoms with E-state index in [4.69, 9.17) is 0 Å². The molecule has 0 radical (unpaired) electrons. The lowest BCUT2D eigenvalue weighted by atomic mass is 10.1. The molecule has 10 nitrogen and oxygen atoms in total. The number of nitrogens with one attached hydrogen (secondary N) is 2. The van der Waals surface area contributed by atoms with Crippen molar-refractivity contribution in [3.8, 4) is 11.3 Å². The van der Waals surface area contributed by atoms with E-state index in [-0.39, 0.29) is 9.79 Å². The number of anilines is 2. The van der Waals surface area contributed by atoms with E-state index in [1.165, 1.54) is 26.2 Å². The Hall–Kier alpha value is -3.32. The van der Waals surface area contributed by atoms with Crippen LogP contribution in [0.5, 0.6) is 0 Å². The summed E-state index contributed by atoms with van der Waals surface area (Å²) in [6.45, 7) is 5.36. The molecule has 0 saturated heterocycles. The Morgan fingerprint density at radius 3 is 2.22 bits per heavy atom. The van der Waals surface area contributed by atoms with Crippen molar-refractivity contribution in [3.05, 3.63) is 66.9 Å². The second-order valence-electron chi connectivity index (χ2n) is 9.46. The Morgan fingerprint density at radius 2 is 1.58 bits per heavy atom. The van der Waals surface area contributed by atoms with E-state index in [0.29, 0.717) is 22.9 Å². The summed E-state index contributed by atoms with van der Waals surface area (Å²) in [4.78, 5) is 4.67. The highest BCUT2D eigenvalue weighted by Crippen LogP contribution is 2.26. The highest BCUT2D eigenvalue weighted by atomic mass is 32.2. The number of rotatable bonds is 7. The van der Waals surface area contributed by atoms with Gasteiger partial charge in [0.2, 0.25) is 26.0 Å². The van der Waals surface area contributed by atoms with Crippen molar-refractivity contribution in [2.75, 3.05) is 19.4 Å². The van der Waals surface area contributed by atoms with E-state index in [1.54, 1.807) is 61.8 Å². The van der Waals surface area contributed by atoms with Crippen LogP contribution >= 0.6 is 0 Å². The number of aromatic nitrogens is 3. The average molecular weight is 529 g/mol. The fraction of sp³-hybridized carbons (Fsp3) is 0.250. The summed E-state index contributed by atoms with van der Waals surface area (Å²) in [5.74, 6) is 0.293. The zero-order valence-electron chi connectivity index (χ0n) is 20.6. The topological polar surface area (TPSA) is 126 Å². The summed E-state index contributed by atoms with van der Waals surface area (Å²) in [5, 5.41) is 7.64. The monoisotopic (exact) mass is 528 g/mol. The third kappa shape index (κ3) is 5.41. The molecule has 2 N–H and O–H groups in total. The van der Waals surface area contributed by atoms with Crippen molar-refractivity contribution < 1.29 is 16.8 Å². The molecule has 2 aromatic carbocycles. The number of sulfonamides is 2. The predicted molar refractivity (Wildman–Crippen MR) is 139 cm³/mol. The Labute approximate surface area is 211 Å². The zero-order valence-corrected chi connectivity index (χ0v) is 22.2. The third-order valence-electron chi connectivity index (χ3n) is 5.17. The molecule has 0 aliphatic heterocycles. The second-order valence-corrected chi connectivity index (χ2v) is 13.3. The highest BCUT2D eigenvalue weighted by molar-refractivity contribution is 7.89. The van der Waals surface area contributed by atoms with Crippen LogP contribution in [0.2, 0.25) is 0 Å². The smallest absolute Gasteiger partial charge is 0.245 e. The van der Waals surface area contributed by atoms with E-state index in [0.717, 1.165) is 9.82 Å². The maximum Gasteiger partial charge on any atom is 0.245 e. The van der Waals surface area contributed by atoms with Gasteiger partial charge >= 0.3 is 0 Å². The van der Waals surface area contributed by atoms with E-state index >= 15 is 0 Å². The van der Waals surface area contributed by atoms with Crippen molar-refractivity contribution in [2.24, 2.45) is 0 Å². The maximum atomic E-state index is 12.8. The predicted octanol–water partition coefficient (Wildman–Crippen LogP) is 3.47. The van der Waals surface area contributed by atoms with Crippen LogP contribution in [0.4, 0.5) is 11.6 Å². The lowest BCUT2D eigenvalue weighted by Gasteiger charge is -2.20. The number of hydrogen-bond acceptors (Lipinski definition) is 7. The van der Waals surface area contributed by atoms with Gasteiger partial charge in [0.05, 0.1) is 27.2 Å². The number of nitrogens with zero attached hydrogens (tertiary/aromatic N) is 4. The molecule has 12 heteroatoms. The van der Waals surface area contributed by atoms with Crippen LogP contribution in [0.15, 0.2) is 76.7 Å². The molecule has 0 aliphatic rings. The summed E-state index contributed by atoms with van der Waals surface area (Å²) in [6, 6.07) is 16.6. The molecule has 0 bridgehead atoms.